The van der Waals surface area contributed by atoms with Crippen molar-refractivity contribution in [2.75, 3.05) is 56.9 Å². The first-order valence-electron chi connectivity index (χ1n) is 11.3. The van der Waals surface area contributed by atoms with Crippen molar-refractivity contribution in [2.45, 2.75) is 0 Å². The Morgan fingerprint density at radius 3 is 2.72 bits per heavy atom. The standard InChI is InChI=1S/C25H29N9O2/c1-6-22(35)29-18-13-19(21(36-5)14-20(18)33(4)12-11-32(2)3)30-25-28-16-27-23(31-25)24-26-15-17-9-7-8-10-34(17)24/h6-10,13-16H,1,11-12H2,2-5H3,(H,29,35)(H,27,28,30,31). The first kappa shape index (κ1) is 24.6. The summed E-state index contributed by atoms with van der Waals surface area (Å²) in [4.78, 5) is 33.9. The number of hydrogen-bond donors (Lipinski definition) is 2. The van der Waals surface area contributed by atoms with Gasteiger partial charge in [-0.25, -0.2) is 15.0 Å². The number of pyridine rings is 1. The number of ether oxygens (including phenoxy) is 1. The fraction of sp³-hybridized carbons (Fsp3) is 0.240. The third kappa shape index (κ3) is 5.41. The molecule has 0 saturated heterocycles. The van der Waals surface area contributed by atoms with Crippen molar-refractivity contribution in [1.82, 2.24) is 29.2 Å². The molecule has 0 aliphatic carbocycles. The van der Waals surface area contributed by atoms with E-state index >= 15 is 0 Å². The molecule has 1 amide bonds. The zero-order valence-corrected chi connectivity index (χ0v) is 20.8. The molecule has 0 spiro atoms. The minimum atomic E-state index is -0.318. The van der Waals surface area contributed by atoms with E-state index in [-0.39, 0.29) is 5.91 Å². The van der Waals surface area contributed by atoms with Crippen LogP contribution in [0.2, 0.25) is 0 Å². The lowest BCUT2D eigenvalue weighted by Gasteiger charge is -2.25. The number of benzene rings is 1. The van der Waals surface area contributed by atoms with E-state index in [2.05, 4.69) is 46.9 Å². The van der Waals surface area contributed by atoms with E-state index < -0.39 is 0 Å². The predicted molar refractivity (Wildman–Crippen MR) is 141 cm³/mol. The van der Waals surface area contributed by atoms with Gasteiger partial charge in [-0.15, -0.1) is 0 Å². The number of fused-ring (bicyclic) bond motifs is 1. The molecule has 11 nitrogen and oxygen atoms in total. The van der Waals surface area contributed by atoms with Crippen LogP contribution in [0.4, 0.5) is 23.0 Å². The van der Waals surface area contributed by atoms with Gasteiger partial charge in [0.1, 0.15) is 12.1 Å². The van der Waals surface area contributed by atoms with Crippen molar-refractivity contribution < 1.29 is 9.53 Å². The van der Waals surface area contributed by atoms with Crippen LogP contribution >= 0.6 is 0 Å². The normalized spacial score (nSPS) is 10.9. The molecule has 0 bridgehead atoms. The van der Waals surface area contributed by atoms with Crippen LogP contribution in [-0.2, 0) is 4.79 Å². The fourth-order valence-electron chi connectivity index (χ4n) is 3.60. The molecule has 186 valence electrons. The lowest BCUT2D eigenvalue weighted by atomic mass is 10.2. The molecule has 3 heterocycles. The highest BCUT2D eigenvalue weighted by atomic mass is 16.5. The Bertz CT molecular complexity index is 1380. The number of imidazole rings is 1. The number of nitrogens with one attached hydrogen (secondary N) is 2. The zero-order valence-electron chi connectivity index (χ0n) is 20.8. The molecule has 0 aliphatic rings. The van der Waals surface area contributed by atoms with Gasteiger partial charge in [0.05, 0.1) is 35.9 Å². The SMILES string of the molecule is C=CC(=O)Nc1cc(Nc2ncnc(-c3ncc4ccccn34)n2)c(OC)cc1N(C)CCN(C)C. The summed E-state index contributed by atoms with van der Waals surface area (Å²) < 4.78 is 7.56. The molecule has 0 atom stereocenters. The first-order valence-corrected chi connectivity index (χ1v) is 11.3. The van der Waals surface area contributed by atoms with Crippen molar-refractivity contribution in [3.8, 4) is 17.4 Å². The number of amides is 1. The third-order valence-corrected chi connectivity index (χ3v) is 5.51. The number of rotatable bonds is 10. The summed E-state index contributed by atoms with van der Waals surface area (Å²) in [6.45, 7) is 5.14. The average molecular weight is 488 g/mol. The summed E-state index contributed by atoms with van der Waals surface area (Å²) >= 11 is 0. The number of nitrogens with zero attached hydrogens (tertiary/aromatic N) is 7. The second kappa shape index (κ2) is 10.8. The van der Waals surface area contributed by atoms with Crippen LogP contribution in [-0.4, -0.2) is 76.5 Å². The van der Waals surface area contributed by atoms with E-state index in [1.165, 1.54) is 12.4 Å². The molecule has 0 saturated carbocycles. The third-order valence-electron chi connectivity index (χ3n) is 5.51. The van der Waals surface area contributed by atoms with Crippen molar-refractivity contribution in [2.24, 2.45) is 0 Å². The highest BCUT2D eigenvalue weighted by Gasteiger charge is 2.17. The molecule has 0 unspecified atom stereocenters. The van der Waals surface area contributed by atoms with Gasteiger partial charge in [-0.2, -0.15) is 4.98 Å². The van der Waals surface area contributed by atoms with Crippen LogP contribution < -0.4 is 20.3 Å². The van der Waals surface area contributed by atoms with E-state index in [9.17, 15) is 4.79 Å². The Hall–Kier alpha value is -4.51. The van der Waals surface area contributed by atoms with Crippen LogP contribution in [0.3, 0.4) is 0 Å². The van der Waals surface area contributed by atoms with Gasteiger partial charge in [0.15, 0.2) is 5.82 Å². The Kier molecular flexibility index (Phi) is 7.40. The van der Waals surface area contributed by atoms with Crippen molar-refractivity contribution >= 4 is 34.4 Å². The molecule has 2 N–H and O–H groups in total. The maximum atomic E-state index is 12.2. The quantitative estimate of drug-likeness (QED) is 0.326. The largest absolute Gasteiger partial charge is 0.494 e. The summed E-state index contributed by atoms with van der Waals surface area (Å²) in [5.74, 6) is 1.56. The predicted octanol–water partition coefficient (Wildman–Crippen LogP) is 3.06. The zero-order chi connectivity index (χ0) is 25.7. The molecule has 4 aromatic rings. The van der Waals surface area contributed by atoms with Crippen LogP contribution in [0.1, 0.15) is 0 Å². The van der Waals surface area contributed by atoms with E-state index in [1.807, 2.05) is 56.0 Å². The van der Waals surface area contributed by atoms with Crippen LogP contribution in [0, 0.1) is 0 Å². The molecule has 36 heavy (non-hydrogen) atoms. The number of likely N-dealkylation sites (N-methyl/N-ethyl adjacent to an activating group) is 2. The Balaban J connectivity index is 1.69. The second-order valence-electron chi connectivity index (χ2n) is 8.32. The minimum Gasteiger partial charge on any atom is -0.494 e. The van der Waals surface area contributed by atoms with E-state index in [0.29, 0.717) is 34.7 Å². The van der Waals surface area contributed by atoms with Crippen LogP contribution in [0.15, 0.2) is 61.7 Å². The van der Waals surface area contributed by atoms with Gasteiger partial charge in [0.25, 0.3) is 0 Å². The number of hydrogen-bond acceptors (Lipinski definition) is 9. The minimum absolute atomic E-state index is 0.306. The number of methoxy groups -OCH3 is 1. The van der Waals surface area contributed by atoms with Crippen LogP contribution in [0.5, 0.6) is 5.75 Å². The number of carbonyl (C=O) groups is 1. The molecule has 11 heteroatoms. The molecular formula is C25H29N9O2. The summed E-state index contributed by atoms with van der Waals surface area (Å²) in [5.41, 5.74) is 2.90. The van der Waals surface area contributed by atoms with Gasteiger partial charge in [0.2, 0.25) is 17.7 Å². The molecule has 0 radical (unpaired) electrons. The molecule has 0 fully saturated rings. The first-order chi connectivity index (χ1) is 17.4. The molecule has 0 aliphatic heterocycles. The topological polar surface area (TPSA) is 113 Å². The summed E-state index contributed by atoms with van der Waals surface area (Å²) in [7, 11) is 7.57. The van der Waals surface area contributed by atoms with Gasteiger partial charge in [-0.1, -0.05) is 12.6 Å². The Labute approximate surface area is 209 Å². The number of carbonyl (C=O) groups excluding carboxylic acids is 1. The summed E-state index contributed by atoms with van der Waals surface area (Å²) in [5, 5.41) is 6.08. The lowest BCUT2D eigenvalue weighted by molar-refractivity contribution is -0.111. The maximum Gasteiger partial charge on any atom is 0.247 e. The maximum absolute atomic E-state index is 12.2. The molecule has 4 rings (SSSR count). The van der Waals surface area contributed by atoms with E-state index in [1.54, 1.807) is 19.4 Å². The average Bonchev–Trinajstić information content (AvgIpc) is 3.32. The Morgan fingerprint density at radius 1 is 1.14 bits per heavy atom. The fourth-order valence-corrected chi connectivity index (χ4v) is 3.60. The smallest absolute Gasteiger partial charge is 0.247 e. The number of anilines is 4. The van der Waals surface area contributed by atoms with Crippen LogP contribution in [0.25, 0.3) is 17.2 Å². The summed E-state index contributed by atoms with van der Waals surface area (Å²) in [6.07, 6.45) is 6.31. The Morgan fingerprint density at radius 2 is 1.97 bits per heavy atom. The van der Waals surface area contributed by atoms with Gasteiger partial charge in [-0.3, -0.25) is 9.20 Å². The highest BCUT2D eigenvalue weighted by Crippen LogP contribution is 2.38. The highest BCUT2D eigenvalue weighted by molar-refractivity contribution is 6.02. The molecule has 1 aromatic carbocycles. The van der Waals surface area contributed by atoms with Crippen molar-refractivity contribution in [3.05, 3.63) is 61.7 Å². The molecular weight excluding hydrogens is 458 g/mol. The van der Waals surface area contributed by atoms with Gasteiger partial charge in [0, 0.05) is 32.4 Å². The van der Waals surface area contributed by atoms with E-state index in [0.717, 1.165) is 24.3 Å². The van der Waals surface area contributed by atoms with Gasteiger partial charge < -0.3 is 25.2 Å². The van der Waals surface area contributed by atoms with Crippen molar-refractivity contribution in [1.29, 1.82) is 0 Å². The monoisotopic (exact) mass is 487 g/mol. The summed E-state index contributed by atoms with van der Waals surface area (Å²) in [6, 6.07) is 9.46. The molecule has 3 aromatic heterocycles. The van der Waals surface area contributed by atoms with E-state index in [4.69, 9.17) is 4.74 Å². The van der Waals surface area contributed by atoms with Gasteiger partial charge >= 0.3 is 0 Å². The number of aromatic nitrogens is 5. The lowest BCUT2D eigenvalue weighted by Crippen LogP contribution is -2.29. The van der Waals surface area contributed by atoms with Crippen molar-refractivity contribution in [3.63, 3.8) is 0 Å². The van der Waals surface area contributed by atoms with Gasteiger partial charge in [-0.05, 0) is 38.4 Å². The second-order valence-corrected chi connectivity index (χ2v) is 8.32.